The van der Waals surface area contributed by atoms with Crippen molar-refractivity contribution in [2.75, 3.05) is 30.9 Å². The van der Waals surface area contributed by atoms with Gasteiger partial charge in [-0.25, -0.2) is 23.2 Å². The lowest BCUT2D eigenvalue weighted by atomic mass is 10.2. The molecular formula is C23H32N6O4S. The van der Waals surface area contributed by atoms with Crippen LogP contribution in [0.25, 0.3) is 21.9 Å². The average molecular weight is 489 g/mol. The molecule has 4 rings (SSSR count). The number of methoxy groups -OCH3 is 1. The van der Waals surface area contributed by atoms with Crippen LogP contribution in [-0.2, 0) is 27.7 Å². The van der Waals surface area contributed by atoms with Gasteiger partial charge in [0.2, 0.25) is 0 Å². The minimum atomic E-state index is -3.04. The van der Waals surface area contributed by atoms with Gasteiger partial charge in [-0.2, -0.15) is 0 Å². The maximum absolute atomic E-state index is 12.2. The van der Waals surface area contributed by atoms with E-state index < -0.39 is 15.9 Å². The van der Waals surface area contributed by atoms with Crippen LogP contribution in [0.15, 0.2) is 24.3 Å². The zero-order valence-corrected chi connectivity index (χ0v) is 20.6. The van der Waals surface area contributed by atoms with Crippen molar-refractivity contribution >= 4 is 43.7 Å². The third-order valence-corrected chi connectivity index (χ3v) is 7.92. The number of para-hydroxylation sites is 1. The normalized spacial score (nSPS) is 15.6. The van der Waals surface area contributed by atoms with Gasteiger partial charge in [0.25, 0.3) is 0 Å². The molecule has 0 aliphatic carbocycles. The Morgan fingerprint density at radius 3 is 2.68 bits per heavy atom. The number of anilines is 1. The highest BCUT2D eigenvalue weighted by Crippen LogP contribution is 2.29. The first kappa shape index (κ1) is 24.2. The molecule has 2 aromatic heterocycles. The SMILES string of the molecule is COC(=O)N(CCCCn1c(CNC(C)C)nc2c(N)nc3ccccc3c21)C1CS(=O)(=O)C1. The second kappa shape index (κ2) is 9.75. The number of hydrogen-bond acceptors (Lipinski definition) is 8. The van der Waals surface area contributed by atoms with Crippen molar-refractivity contribution in [1.29, 1.82) is 0 Å². The van der Waals surface area contributed by atoms with Gasteiger partial charge < -0.3 is 25.3 Å². The summed E-state index contributed by atoms with van der Waals surface area (Å²) in [6, 6.07) is 7.86. The Balaban J connectivity index is 1.56. The van der Waals surface area contributed by atoms with Gasteiger partial charge in [0.1, 0.15) is 11.3 Å². The van der Waals surface area contributed by atoms with Crippen molar-refractivity contribution in [3.63, 3.8) is 0 Å². The maximum atomic E-state index is 12.2. The average Bonchev–Trinajstić information content (AvgIpc) is 3.15. The summed E-state index contributed by atoms with van der Waals surface area (Å²) in [5, 5.41) is 4.42. The number of nitrogens with zero attached hydrogens (tertiary/aromatic N) is 4. The fraction of sp³-hybridized carbons (Fsp3) is 0.522. The summed E-state index contributed by atoms with van der Waals surface area (Å²) in [5.41, 5.74) is 8.73. The number of nitrogen functional groups attached to an aromatic ring is 1. The maximum Gasteiger partial charge on any atom is 0.409 e. The number of imidazole rings is 1. The summed E-state index contributed by atoms with van der Waals surface area (Å²) in [6.45, 7) is 5.87. The molecule has 0 saturated carbocycles. The van der Waals surface area contributed by atoms with Crippen molar-refractivity contribution in [2.24, 2.45) is 0 Å². The first-order chi connectivity index (χ1) is 16.2. The number of fused-ring (bicyclic) bond motifs is 3. The minimum Gasteiger partial charge on any atom is -0.453 e. The van der Waals surface area contributed by atoms with Crippen molar-refractivity contribution in [3.05, 3.63) is 30.1 Å². The molecule has 3 aromatic rings. The number of nitrogens with one attached hydrogen (secondary N) is 1. The van der Waals surface area contributed by atoms with E-state index in [-0.39, 0.29) is 17.5 Å². The van der Waals surface area contributed by atoms with Crippen LogP contribution >= 0.6 is 0 Å². The number of amides is 1. The molecule has 1 aliphatic heterocycles. The van der Waals surface area contributed by atoms with E-state index in [0.717, 1.165) is 28.7 Å². The molecule has 1 aromatic carbocycles. The number of aromatic nitrogens is 3. The quantitative estimate of drug-likeness (QED) is 0.439. The molecule has 0 unspecified atom stereocenters. The Kier molecular flexibility index (Phi) is 6.94. The highest BCUT2D eigenvalue weighted by molar-refractivity contribution is 7.92. The number of hydrogen-bond donors (Lipinski definition) is 2. The van der Waals surface area contributed by atoms with Gasteiger partial charge in [0.05, 0.1) is 42.2 Å². The third-order valence-electron chi connectivity index (χ3n) is 6.13. The Morgan fingerprint density at radius 2 is 2.00 bits per heavy atom. The number of aryl methyl sites for hydroxylation is 1. The molecule has 1 amide bonds. The van der Waals surface area contributed by atoms with Gasteiger partial charge in [-0.1, -0.05) is 32.0 Å². The summed E-state index contributed by atoms with van der Waals surface area (Å²) in [5.74, 6) is 1.28. The van der Waals surface area contributed by atoms with Crippen LogP contribution in [0, 0.1) is 0 Å². The highest BCUT2D eigenvalue weighted by atomic mass is 32.2. The molecule has 10 nitrogen and oxygen atoms in total. The number of ether oxygens (including phenoxy) is 1. The van der Waals surface area contributed by atoms with Crippen LogP contribution in [0.5, 0.6) is 0 Å². The number of sulfone groups is 1. The Bertz CT molecular complexity index is 1290. The van der Waals surface area contributed by atoms with Gasteiger partial charge in [0.15, 0.2) is 15.7 Å². The molecule has 11 heteroatoms. The van der Waals surface area contributed by atoms with E-state index in [1.54, 1.807) is 0 Å². The van der Waals surface area contributed by atoms with E-state index in [9.17, 15) is 13.2 Å². The van der Waals surface area contributed by atoms with E-state index in [2.05, 4.69) is 28.7 Å². The minimum absolute atomic E-state index is 0.00244. The van der Waals surface area contributed by atoms with Crippen LogP contribution in [0.1, 0.15) is 32.5 Å². The monoisotopic (exact) mass is 488 g/mol. The fourth-order valence-electron chi connectivity index (χ4n) is 4.39. The van der Waals surface area contributed by atoms with Crippen molar-refractivity contribution in [3.8, 4) is 0 Å². The molecule has 34 heavy (non-hydrogen) atoms. The first-order valence-corrected chi connectivity index (χ1v) is 13.3. The zero-order valence-electron chi connectivity index (χ0n) is 19.8. The third kappa shape index (κ3) is 4.95. The lowest BCUT2D eigenvalue weighted by Gasteiger charge is -2.36. The van der Waals surface area contributed by atoms with Crippen molar-refractivity contribution < 1.29 is 17.9 Å². The van der Waals surface area contributed by atoms with Gasteiger partial charge in [0, 0.05) is 24.5 Å². The van der Waals surface area contributed by atoms with Gasteiger partial charge in [-0.05, 0) is 18.9 Å². The predicted octanol–water partition coefficient (Wildman–Crippen LogP) is 2.31. The molecule has 1 fully saturated rings. The lowest BCUT2D eigenvalue weighted by Crippen LogP contribution is -2.55. The summed E-state index contributed by atoms with van der Waals surface area (Å²) in [6.07, 6.45) is 0.976. The Labute approximate surface area is 199 Å². The fourth-order valence-corrected chi connectivity index (χ4v) is 5.82. The van der Waals surface area contributed by atoms with E-state index in [1.807, 2.05) is 24.3 Å². The van der Waals surface area contributed by atoms with Gasteiger partial charge >= 0.3 is 6.09 Å². The number of rotatable bonds is 9. The second-order valence-electron chi connectivity index (χ2n) is 9.03. The molecule has 1 aliphatic rings. The van der Waals surface area contributed by atoms with Crippen molar-refractivity contribution in [1.82, 2.24) is 24.8 Å². The number of nitrogens with two attached hydrogens (primary N) is 1. The largest absolute Gasteiger partial charge is 0.453 e. The summed E-state index contributed by atoms with van der Waals surface area (Å²) in [4.78, 5) is 23.1. The second-order valence-corrected chi connectivity index (χ2v) is 11.2. The van der Waals surface area contributed by atoms with Crippen molar-refractivity contribution in [2.45, 2.75) is 51.9 Å². The van der Waals surface area contributed by atoms with E-state index >= 15 is 0 Å². The Morgan fingerprint density at radius 1 is 1.26 bits per heavy atom. The van der Waals surface area contributed by atoms with Crippen LogP contribution in [0.2, 0.25) is 0 Å². The topological polar surface area (TPSA) is 132 Å². The summed E-state index contributed by atoms with van der Waals surface area (Å²) < 4.78 is 30.2. The zero-order chi connectivity index (χ0) is 24.5. The number of carbonyl (C=O) groups excluding carboxylic acids is 1. The Hall–Kier alpha value is -2.92. The molecule has 1 saturated heterocycles. The van der Waals surface area contributed by atoms with E-state index in [0.29, 0.717) is 43.4 Å². The number of pyridine rings is 1. The number of carbonyl (C=O) groups is 1. The van der Waals surface area contributed by atoms with E-state index in [1.165, 1.54) is 12.0 Å². The van der Waals surface area contributed by atoms with Crippen LogP contribution in [0.4, 0.5) is 10.6 Å². The van der Waals surface area contributed by atoms with E-state index in [4.69, 9.17) is 15.5 Å². The molecule has 3 N–H and O–H groups in total. The molecule has 0 atom stereocenters. The van der Waals surface area contributed by atoms with Crippen LogP contribution in [0.3, 0.4) is 0 Å². The highest BCUT2D eigenvalue weighted by Gasteiger charge is 2.40. The molecule has 0 spiro atoms. The molecule has 0 bridgehead atoms. The molecule has 3 heterocycles. The van der Waals surface area contributed by atoms with Crippen LogP contribution in [-0.4, -0.2) is 71.2 Å². The molecular weight excluding hydrogens is 456 g/mol. The first-order valence-electron chi connectivity index (χ1n) is 11.5. The lowest BCUT2D eigenvalue weighted by molar-refractivity contribution is 0.109. The number of benzene rings is 1. The summed E-state index contributed by atoms with van der Waals surface area (Å²) >= 11 is 0. The molecule has 184 valence electrons. The summed E-state index contributed by atoms with van der Waals surface area (Å²) in [7, 11) is -1.72. The van der Waals surface area contributed by atoms with Gasteiger partial charge in [-0.15, -0.1) is 0 Å². The predicted molar refractivity (Wildman–Crippen MR) is 132 cm³/mol. The van der Waals surface area contributed by atoms with Gasteiger partial charge in [-0.3, -0.25) is 0 Å². The molecule has 0 radical (unpaired) electrons. The standard InChI is InChI=1S/C23H32N6O4S/c1-15(2)25-12-19-27-20-21(17-8-4-5-9-18(17)26-22(20)24)29(19)11-7-6-10-28(23(30)33-3)16-13-34(31,32)14-16/h4-5,8-9,15-16,25H,6-7,10-14H2,1-3H3,(H2,24,26). The number of unbranched alkanes of at least 4 members (excludes halogenated alkanes) is 1. The smallest absolute Gasteiger partial charge is 0.409 e. The van der Waals surface area contributed by atoms with Crippen LogP contribution < -0.4 is 11.1 Å².